The maximum Gasteiger partial charge on any atom is 0.416 e. The fourth-order valence-electron chi connectivity index (χ4n) is 3.50. The van der Waals surface area contributed by atoms with Gasteiger partial charge in [-0.05, 0) is 37.1 Å². The Morgan fingerprint density at radius 1 is 1.17 bits per heavy atom. The van der Waals surface area contributed by atoms with E-state index in [2.05, 4.69) is 10.2 Å². The Hall–Kier alpha value is -2.23. The van der Waals surface area contributed by atoms with Crippen LogP contribution in [0.3, 0.4) is 0 Å². The Balaban J connectivity index is 1.61. The fourth-order valence-corrected chi connectivity index (χ4v) is 4.54. The number of anilines is 1. The molecule has 0 radical (unpaired) electrons. The SMILES string of the molecule is Cc1sc2nc(CN3CCOCC3)nc(NCc3cccc(C(F)(F)F)c3)c2c1C. The molecule has 1 aromatic carbocycles. The van der Waals surface area contributed by atoms with Crippen LogP contribution in [0.25, 0.3) is 10.2 Å². The van der Waals surface area contributed by atoms with Gasteiger partial charge in [-0.15, -0.1) is 11.3 Å². The first-order chi connectivity index (χ1) is 14.3. The maximum atomic E-state index is 13.0. The smallest absolute Gasteiger partial charge is 0.379 e. The highest BCUT2D eigenvalue weighted by atomic mass is 32.1. The fraction of sp³-hybridized carbons (Fsp3) is 0.429. The van der Waals surface area contributed by atoms with E-state index >= 15 is 0 Å². The molecular formula is C21H23F3N4OS. The summed E-state index contributed by atoms with van der Waals surface area (Å²) in [6.07, 6.45) is -4.36. The largest absolute Gasteiger partial charge is 0.416 e. The lowest BCUT2D eigenvalue weighted by Gasteiger charge is -2.25. The second kappa shape index (κ2) is 8.49. The highest BCUT2D eigenvalue weighted by Crippen LogP contribution is 2.34. The van der Waals surface area contributed by atoms with Gasteiger partial charge < -0.3 is 10.1 Å². The number of aromatic nitrogens is 2. The molecular weight excluding hydrogens is 413 g/mol. The van der Waals surface area contributed by atoms with E-state index in [1.165, 1.54) is 12.1 Å². The summed E-state index contributed by atoms with van der Waals surface area (Å²) in [6, 6.07) is 5.37. The van der Waals surface area contributed by atoms with Crippen molar-refractivity contribution in [3.05, 3.63) is 51.7 Å². The van der Waals surface area contributed by atoms with Crippen molar-refractivity contribution in [2.45, 2.75) is 33.1 Å². The van der Waals surface area contributed by atoms with E-state index in [1.807, 2.05) is 13.8 Å². The van der Waals surface area contributed by atoms with Gasteiger partial charge in [0.25, 0.3) is 0 Å². The first kappa shape index (κ1) is 21.0. The molecule has 160 valence electrons. The Labute approximate surface area is 176 Å². The second-order valence-electron chi connectivity index (χ2n) is 7.39. The molecule has 1 saturated heterocycles. The number of morpholine rings is 1. The van der Waals surface area contributed by atoms with Crippen molar-refractivity contribution >= 4 is 27.4 Å². The van der Waals surface area contributed by atoms with Gasteiger partial charge in [-0.3, -0.25) is 4.90 Å². The third kappa shape index (κ3) is 4.58. The Morgan fingerprint density at radius 3 is 2.67 bits per heavy atom. The zero-order valence-electron chi connectivity index (χ0n) is 16.8. The van der Waals surface area contributed by atoms with Crippen LogP contribution < -0.4 is 5.32 Å². The van der Waals surface area contributed by atoms with Gasteiger partial charge in [0.05, 0.1) is 30.7 Å². The van der Waals surface area contributed by atoms with Crippen LogP contribution >= 0.6 is 11.3 Å². The number of hydrogen-bond acceptors (Lipinski definition) is 6. The van der Waals surface area contributed by atoms with Gasteiger partial charge in [-0.25, -0.2) is 9.97 Å². The van der Waals surface area contributed by atoms with Gasteiger partial charge >= 0.3 is 6.18 Å². The van der Waals surface area contributed by atoms with Crippen molar-refractivity contribution < 1.29 is 17.9 Å². The number of fused-ring (bicyclic) bond motifs is 1. The van der Waals surface area contributed by atoms with Crippen molar-refractivity contribution in [1.82, 2.24) is 14.9 Å². The van der Waals surface area contributed by atoms with E-state index in [-0.39, 0.29) is 6.54 Å². The first-order valence-electron chi connectivity index (χ1n) is 9.78. The van der Waals surface area contributed by atoms with E-state index in [9.17, 15) is 13.2 Å². The van der Waals surface area contributed by atoms with Crippen molar-refractivity contribution in [2.24, 2.45) is 0 Å². The summed E-state index contributed by atoms with van der Waals surface area (Å²) in [6.45, 7) is 7.98. The number of halogens is 3. The minimum atomic E-state index is -4.36. The van der Waals surface area contributed by atoms with E-state index in [4.69, 9.17) is 14.7 Å². The van der Waals surface area contributed by atoms with Gasteiger partial charge in [-0.1, -0.05) is 12.1 Å². The molecule has 0 aliphatic carbocycles. The minimum Gasteiger partial charge on any atom is -0.379 e. The molecule has 0 atom stereocenters. The molecule has 1 aliphatic rings. The number of aryl methyl sites for hydroxylation is 2. The summed E-state index contributed by atoms with van der Waals surface area (Å²) in [5.41, 5.74) is 1.00. The summed E-state index contributed by atoms with van der Waals surface area (Å²) < 4.78 is 44.5. The average molecular weight is 437 g/mol. The van der Waals surface area contributed by atoms with Crippen molar-refractivity contribution in [1.29, 1.82) is 0 Å². The monoisotopic (exact) mass is 436 g/mol. The van der Waals surface area contributed by atoms with Gasteiger partial charge in [0.2, 0.25) is 0 Å². The minimum absolute atomic E-state index is 0.251. The molecule has 3 heterocycles. The topological polar surface area (TPSA) is 50.3 Å². The van der Waals surface area contributed by atoms with E-state index in [0.29, 0.717) is 37.0 Å². The predicted molar refractivity (Wildman–Crippen MR) is 112 cm³/mol. The standard InChI is InChI=1S/C21H23F3N4OS/c1-13-14(2)30-20-18(13)19(26-17(27-20)12-28-6-8-29-9-7-28)25-11-15-4-3-5-16(10-15)21(22,23)24/h3-5,10H,6-9,11-12H2,1-2H3,(H,25,26,27). The molecule has 0 bridgehead atoms. The Kier molecular flexibility index (Phi) is 5.95. The normalized spacial score (nSPS) is 15.6. The van der Waals surface area contributed by atoms with Crippen molar-refractivity contribution in [3.63, 3.8) is 0 Å². The van der Waals surface area contributed by atoms with Gasteiger partial charge in [0, 0.05) is 24.5 Å². The molecule has 9 heteroatoms. The lowest BCUT2D eigenvalue weighted by Crippen LogP contribution is -2.36. The highest BCUT2D eigenvalue weighted by Gasteiger charge is 2.30. The molecule has 1 N–H and O–H groups in total. The third-order valence-electron chi connectivity index (χ3n) is 5.26. The summed E-state index contributed by atoms with van der Waals surface area (Å²) in [5.74, 6) is 1.37. The maximum absolute atomic E-state index is 13.0. The Bertz CT molecular complexity index is 1040. The van der Waals surface area contributed by atoms with Crippen molar-refractivity contribution in [3.8, 4) is 0 Å². The zero-order chi connectivity index (χ0) is 21.3. The van der Waals surface area contributed by atoms with Crippen LogP contribution in [-0.4, -0.2) is 41.2 Å². The number of thiophene rings is 1. The molecule has 0 spiro atoms. The predicted octanol–water partition coefficient (Wildman–Crippen LogP) is 4.77. The van der Waals surface area contributed by atoms with E-state index in [0.717, 1.165) is 39.8 Å². The molecule has 5 nitrogen and oxygen atoms in total. The van der Waals surface area contributed by atoms with Crippen LogP contribution in [0.5, 0.6) is 0 Å². The average Bonchev–Trinajstić information content (AvgIpc) is 3.00. The zero-order valence-corrected chi connectivity index (χ0v) is 17.7. The van der Waals surface area contributed by atoms with Crippen LogP contribution in [0, 0.1) is 13.8 Å². The molecule has 30 heavy (non-hydrogen) atoms. The molecule has 3 aromatic rings. The summed E-state index contributed by atoms with van der Waals surface area (Å²) in [5, 5.41) is 4.20. The van der Waals surface area contributed by atoms with Crippen LogP contribution in [0.15, 0.2) is 24.3 Å². The number of ether oxygens (including phenoxy) is 1. The van der Waals surface area contributed by atoms with Gasteiger partial charge in [-0.2, -0.15) is 13.2 Å². The summed E-state index contributed by atoms with van der Waals surface area (Å²) in [7, 11) is 0. The molecule has 0 unspecified atom stereocenters. The Morgan fingerprint density at radius 2 is 1.93 bits per heavy atom. The molecule has 0 amide bonds. The van der Waals surface area contributed by atoms with Gasteiger partial charge in [0.15, 0.2) is 0 Å². The second-order valence-corrected chi connectivity index (χ2v) is 8.60. The first-order valence-corrected chi connectivity index (χ1v) is 10.6. The number of hydrogen-bond donors (Lipinski definition) is 1. The lowest BCUT2D eigenvalue weighted by atomic mass is 10.1. The van der Waals surface area contributed by atoms with E-state index < -0.39 is 11.7 Å². The van der Waals surface area contributed by atoms with Crippen LogP contribution in [0.2, 0.25) is 0 Å². The molecule has 0 saturated carbocycles. The molecule has 1 aliphatic heterocycles. The quantitative estimate of drug-likeness (QED) is 0.624. The highest BCUT2D eigenvalue weighted by molar-refractivity contribution is 7.18. The molecule has 1 fully saturated rings. The third-order valence-corrected chi connectivity index (χ3v) is 6.36. The lowest BCUT2D eigenvalue weighted by molar-refractivity contribution is -0.137. The number of benzene rings is 1. The van der Waals surface area contributed by atoms with Crippen LogP contribution in [-0.2, 0) is 24.0 Å². The van der Waals surface area contributed by atoms with Crippen molar-refractivity contribution in [2.75, 3.05) is 31.6 Å². The number of nitrogens with zero attached hydrogens (tertiary/aromatic N) is 3. The number of nitrogens with one attached hydrogen (secondary N) is 1. The van der Waals surface area contributed by atoms with Crippen LogP contribution in [0.1, 0.15) is 27.4 Å². The summed E-state index contributed by atoms with van der Waals surface area (Å²) >= 11 is 1.61. The molecule has 2 aromatic heterocycles. The van der Waals surface area contributed by atoms with Gasteiger partial charge in [0.1, 0.15) is 16.5 Å². The van der Waals surface area contributed by atoms with Crippen LogP contribution in [0.4, 0.5) is 19.0 Å². The summed E-state index contributed by atoms with van der Waals surface area (Å²) in [4.78, 5) is 13.8. The number of alkyl halides is 3. The van der Waals surface area contributed by atoms with E-state index in [1.54, 1.807) is 17.4 Å². The molecule has 4 rings (SSSR count). The number of rotatable bonds is 5.